The van der Waals surface area contributed by atoms with Crippen molar-refractivity contribution in [1.82, 2.24) is 0 Å². The van der Waals surface area contributed by atoms with Gasteiger partial charge in [-0.05, 0) is 84.8 Å². The molecule has 1 aliphatic heterocycles. The SMILES string of the molecule is CC12CCC(C/C1=N\N=C1\S/C(=C\c3ccc(-c4cc(C(F)(F)F)ccc4Cl)o3)C(=O)N1c1ccccc1)C2(C)C. The second-order valence-corrected chi connectivity index (χ2v) is 12.8. The molecule has 1 amide bonds. The van der Waals surface area contributed by atoms with Crippen molar-refractivity contribution in [3.8, 4) is 11.3 Å². The highest BCUT2D eigenvalue weighted by atomic mass is 35.5. The van der Waals surface area contributed by atoms with E-state index in [-0.39, 0.29) is 33.1 Å². The van der Waals surface area contributed by atoms with Crippen molar-refractivity contribution in [2.75, 3.05) is 4.90 Å². The number of amidine groups is 1. The van der Waals surface area contributed by atoms with E-state index in [1.54, 1.807) is 12.1 Å². The van der Waals surface area contributed by atoms with E-state index in [4.69, 9.17) is 21.1 Å². The van der Waals surface area contributed by atoms with Crippen LogP contribution in [0.3, 0.4) is 0 Å². The summed E-state index contributed by atoms with van der Waals surface area (Å²) in [6.45, 7) is 6.86. The van der Waals surface area contributed by atoms with Crippen LogP contribution in [-0.2, 0) is 11.0 Å². The lowest BCUT2D eigenvalue weighted by Gasteiger charge is -2.34. The summed E-state index contributed by atoms with van der Waals surface area (Å²) in [5.41, 5.74) is 1.13. The number of para-hydroxylation sites is 1. The number of carbonyl (C=O) groups is 1. The zero-order chi connectivity index (χ0) is 29.2. The van der Waals surface area contributed by atoms with Crippen LogP contribution in [0.4, 0.5) is 18.9 Å². The van der Waals surface area contributed by atoms with E-state index in [0.717, 1.165) is 30.7 Å². The third kappa shape index (κ3) is 4.73. The number of amides is 1. The average Bonchev–Trinajstić information content (AvgIpc) is 3.62. The van der Waals surface area contributed by atoms with Gasteiger partial charge < -0.3 is 4.42 Å². The highest BCUT2D eigenvalue weighted by Crippen LogP contribution is 2.64. The lowest BCUT2D eigenvalue weighted by Crippen LogP contribution is -2.32. The maximum Gasteiger partial charge on any atom is 0.416 e. The number of hydrogen-bond donors (Lipinski definition) is 0. The Morgan fingerprint density at radius 3 is 2.49 bits per heavy atom. The first kappa shape index (κ1) is 27.8. The molecule has 2 bridgehead atoms. The van der Waals surface area contributed by atoms with Crippen LogP contribution in [0.1, 0.15) is 51.4 Å². The van der Waals surface area contributed by atoms with E-state index < -0.39 is 11.7 Å². The van der Waals surface area contributed by atoms with Gasteiger partial charge in [0, 0.05) is 22.8 Å². The van der Waals surface area contributed by atoms with Gasteiger partial charge in [0.25, 0.3) is 5.91 Å². The normalized spacial score (nSPS) is 26.7. The van der Waals surface area contributed by atoms with E-state index in [1.165, 1.54) is 35.2 Å². The molecule has 5 nitrogen and oxygen atoms in total. The summed E-state index contributed by atoms with van der Waals surface area (Å²) in [6, 6.07) is 15.4. The van der Waals surface area contributed by atoms with Gasteiger partial charge in [-0.1, -0.05) is 50.6 Å². The van der Waals surface area contributed by atoms with Gasteiger partial charge in [-0.15, -0.1) is 5.10 Å². The van der Waals surface area contributed by atoms with Crippen molar-refractivity contribution in [2.24, 2.45) is 27.0 Å². The number of carbonyl (C=O) groups excluding carboxylic acids is 1. The maximum atomic E-state index is 13.6. The number of alkyl halides is 3. The van der Waals surface area contributed by atoms with Crippen molar-refractivity contribution in [3.05, 3.63) is 81.9 Å². The highest BCUT2D eigenvalue weighted by molar-refractivity contribution is 8.19. The first-order valence-corrected chi connectivity index (χ1v) is 14.5. The Labute approximate surface area is 245 Å². The number of furan rings is 1. The minimum atomic E-state index is -4.52. The number of hydrogen-bond acceptors (Lipinski definition) is 5. The molecule has 2 heterocycles. The predicted octanol–water partition coefficient (Wildman–Crippen LogP) is 9.30. The summed E-state index contributed by atoms with van der Waals surface area (Å²) in [7, 11) is 0. The first-order chi connectivity index (χ1) is 19.4. The predicted molar refractivity (Wildman–Crippen MR) is 158 cm³/mol. The Morgan fingerprint density at radius 1 is 1.07 bits per heavy atom. The Balaban J connectivity index is 1.34. The standard InChI is InChI=1S/C31H27ClF3N3O2S/c1-29(2)18-13-14-30(29,3)26(16-18)36-37-28-38(20-7-5-4-6-8-20)27(39)25(41-28)17-21-10-12-24(40-21)22-15-19(31(33,34)35)9-11-23(22)32/h4-12,15,17-18H,13-14,16H2,1-3H3/b25-17-,36-26+,37-28+. The molecule has 1 saturated heterocycles. The number of benzene rings is 2. The van der Waals surface area contributed by atoms with Crippen molar-refractivity contribution < 1.29 is 22.4 Å². The number of fused-ring (bicyclic) bond motifs is 2. The molecule has 1 aromatic heterocycles. The molecule has 41 heavy (non-hydrogen) atoms. The van der Waals surface area contributed by atoms with Gasteiger partial charge in [-0.2, -0.15) is 18.3 Å². The first-order valence-electron chi connectivity index (χ1n) is 13.3. The lowest BCUT2D eigenvalue weighted by molar-refractivity contribution is -0.137. The molecule has 3 fully saturated rings. The highest BCUT2D eigenvalue weighted by Gasteiger charge is 2.60. The van der Waals surface area contributed by atoms with Crippen LogP contribution in [0, 0.1) is 16.7 Å². The van der Waals surface area contributed by atoms with Crippen LogP contribution < -0.4 is 4.90 Å². The van der Waals surface area contributed by atoms with Gasteiger partial charge in [-0.3, -0.25) is 9.69 Å². The quantitative estimate of drug-likeness (QED) is 0.222. The fourth-order valence-electron chi connectivity index (χ4n) is 6.12. The molecule has 2 unspecified atom stereocenters. The molecule has 3 aliphatic rings. The fraction of sp³-hybridized carbons (Fsp3) is 0.323. The van der Waals surface area contributed by atoms with Crippen molar-refractivity contribution >= 4 is 51.9 Å². The fourth-order valence-corrected chi connectivity index (χ4v) is 7.25. The van der Waals surface area contributed by atoms with Gasteiger partial charge in [0.15, 0.2) is 0 Å². The summed E-state index contributed by atoms with van der Waals surface area (Å²) in [4.78, 5) is 15.5. The van der Waals surface area contributed by atoms with Crippen LogP contribution in [0.5, 0.6) is 0 Å². The second-order valence-electron chi connectivity index (χ2n) is 11.4. The summed E-state index contributed by atoms with van der Waals surface area (Å²) >= 11 is 7.37. The van der Waals surface area contributed by atoms with E-state index in [0.29, 0.717) is 27.4 Å². The molecule has 3 aromatic rings. The molecule has 2 atom stereocenters. The van der Waals surface area contributed by atoms with Gasteiger partial charge in [0.2, 0.25) is 5.17 Å². The van der Waals surface area contributed by atoms with Crippen molar-refractivity contribution in [2.45, 2.75) is 46.2 Å². The number of nitrogens with zero attached hydrogens (tertiary/aromatic N) is 3. The molecule has 212 valence electrons. The second kappa shape index (κ2) is 9.91. The average molecular weight is 598 g/mol. The molecule has 6 rings (SSSR count). The molecular weight excluding hydrogens is 571 g/mol. The molecule has 0 radical (unpaired) electrons. The smallest absolute Gasteiger partial charge is 0.416 e. The van der Waals surface area contributed by atoms with E-state index in [1.807, 2.05) is 30.3 Å². The van der Waals surface area contributed by atoms with Crippen LogP contribution >= 0.6 is 23.4 Å². The molecule has 2 aromatic carbocycles. The van der Waals surface area contributed by atoms with E-state index in [9.17, 15) is 18.0 Å². The minimum absolute atomic E-state index is 0.0273. The number of thioether (sulfide) groups is 1. The molecule has 0 spiro atoms. The molecule has 2 saturated carbocycles. The molecule has 10 heteroatoms. The van der Waals surface area contributed by atoms with Crippen LogP contribution in [0.2, 0.25) is 5.02 Å². The minimum Gasteiger partial charge on any atom is -0.457 e. The van der Waals surface area contributed by atoms with Gasteiger partial charge >= 0.3 is 6.18 Å². The lowest BCUT2D eigenvalue weighted by atomic mass is 9.70. The largest absolute Gasteiger partial charge is 0.457 e. The Hall–Kier alpha value is -3.30. The molecule has 0 N–H and O–H groups in total. The van der Waals surface area contributed by atoms with Crippen LogP contribution in [0.15, 0.2) is 80.2 Å². The van der Waals surface area contributed by atoms with E-state index in [2.05, 4.69) is 25.9 Å². The number of anilines is 1. The Bertz CT molecular complexity index is 1630. The summed E-state index contributed by atoms with van der Waals surface area (Å²) in [5.74, 6) is 0.737. The topological polar surface area (TPSA) is 58.2 Å². The van der Waals surface area contributed by atoms with Gasteiger partial charge in [-0.25, -0.2) is 0 Å². The number of rotatable bonds is 4. The van der Waals surface area contributed by atoms with Gasteiger partial charge in [0.1, 0.15) is 11.5 Å². The summed E-state index contributed by atoms with van der Waals surface area (Å²) in [6.07, 6.45) is 0.206. The van der Waals surface area contributed by atoms with Crippen molar-refractivity contribution in [1.29, 1.82) is 0 Å². The summed E-state index contributed by atoms with van der Waals surface area (Å²) < 4.78 is 45.6. The van der Waals surface area contributed by atoms with E-state index >= 15 is 0 Å². The summed E-state index contributed by atoms with van der Waals surface area (Å²) in [5, 5.41) is 9.88. The third-order valence-electron chi connectivity index (χ3n) is 9.05. The number of halogens is 4. The monoisotopic (exact) mass is 597 g/mol. The Kier molecular flexibility index (Phi) is 6.73. The zero-order valence-corrected chi connectivity index (χ0v) is 24.2. The third-order valence-corrected chi connectivity index (χ3v) is 10.3. The van der Waals surface area contributed by atoms with Crippen molar-refractivity contribution in [3.63, 3.8) is 0 Å². The van der Waals surface area contributed by atoms with Crippen LogP contribution in [0.25, 0.3) is 17.4 Å². The van der Waals surface area contributed by atoms with Crippen LogP contribution in [-0.4, -0.2) is 16.8 Å². The Morgan fingerprint density at radius 2 is 1.83 bits per heavy atom. The maximum absolute atomic E-state index is 13.6. The molecule has 2 aliphatic carbocycles. The molecular formula is C31H27ClF3N3O2S. The zero-order valence-electron chi connectivity index (χ0n) is 22.6. The van der Waals surface area contributed by atoms with Gasteiger partial charge in [0.05, 0.1) is 21.2 Å².